The van der Waals surface area contributed by atoms with Crippen molar-refractivity contribution < 1.29 is 14.5 Å². The first-order valence-electron chi connectivity index (χ1n) is 7.47. The summed E-state index contributed by atoms with van der Waals surface area (Å²) in [7, 11) is 0. The number of carbonyl (C=O) groups excluding carboxylic acids is 2. The highest BCUT2D eigenvalue weighted by Crippen LogP contribution is 2.24. The fraction of sp³-hybridized carbons (Fsp3) is 0.857. The lowest BCUT2D eigenvalue weighted by Gasteiger charge is -2.45. The first kappa shape index (κ1) is 12.2. The van der Waals surface area contributed by atoms with Crippen LogP contribution in [0.5, 0.6) is 0 Å². The molecular formula is C14H23N2O2+. The lowest BCUT2D eigenvalue weighted by atomic mass is 9.86. The molecule has 3 saturated heterocycles. The molecule has 0 saturated carbocycles. The van der Waals surface area contributed by atoms with E-state index < -0.39 is 0 Å². The van der Waals surface area contributed by atoms with Crippen LogP contribution in [0.3, 0.4) is 0 Å². The normalized spacial score (nSPS) is 37.6. The lowest BCUT2D eigenvalue weighted by molar-refractivity contribution is -0.937. The van der Waals surface area contributed by atoms with E-state index in [9.17, 15) is 9.59 Å². The predicted octanol–water partition coefficient (Wildman–Crippen LogP) is 0.125. The second kappa shape index (κ2) is 5.00. The van der Waals surface area contributed by atoms with Crippen molar-refractivity contribution in [1.82, 2.24) is 4.90 Å². The molecule has 100 valence electrons. The van der Waals surface area contributed by atoms with Crippen LogP contribution in [0, 0.1) is 0 Å². The highest BCUT2D eigenvalue weighted by Gasteiger charge is 2.44. The number of carbonyl (C=O) groups is 2. The van der Waals surface area contributed by atoms with Crippen LogP contribution in [0.4, 0.5) is 0 Å². The van der Waals surface area contributed by atoms with E-state index in [0.29, 0.717) is 18.9 Å². The number of imide groups is 1. The van der Waals surface area contributed by atoms with Crippen LogP contribution in [-0.2, 0) is 9.59 Å². The predicted molar refractivity (Wildman–Crippen MR) is 67.1 cm³/mol. The summed E-state index contributed by atoms with van der Waals surface area (Å²) in [5.41, 5.74) is 0. The van der Waals surface area contributed by atoms with Gasteiger partial charge >= 0.3 is 0 Å². The van der Waals surface area contributed by atoms with Gasteiger partial charge in [-0.25, -0.2) is 0 Å². The van der Waals surface area contributed by atoms with Gasteiger partial charge in [-0.1, -0.05) is 0 Å². The zero-order chi connectivity index (χ0) is 12.5. The van der Waals surface area contributed by atoms with Crippen molar-refractivity contribution >= 4 is 11.8 Å². The van der Waals surface area contributed by atoms with Gasteiger partial charge in [-0.15, -0.1) is 0 Å². The van der Waals surface area contributed by atoms with E-state index in [2.05, 4.69) is 0 Å². The quantitative estimate of drug-likeness (QED) is 0.673. The van der Waals surface area contributed by atoms with Crippen LogP contribution in [0.25, 0.3) is 0 Å². The first-order valence-corrected chi connectivity index (χ1v) is 7.47. The molecule has 0 aromatic heterocycles. The molecule has 3 aliphatic rings. The molecule has 4 heteroatoms. The standard InChI is InChI=1S/C14H22N2O2/c17-13-7-3-8-14(18)16(13)12-6-4-10-15-9-2-1-5-11(12)15/h11-12H,1-10H2/p+1/t11-,12-/m0/s1. The van der Waals surface area contributed by atoms with Crippen molar-refractivity contribution in [3.8, 4) is 0 Å². The molecule has 0 bridgehead atoms. The second-order valence-electron chi connectivity index (χ2n) is 5.98. The molecule has 18 heavy (non-hydrogen) atoms. The Labute approximate surface area is 108 Å². The van der Waals surface area contributed by atoms with Crippen molar-refractivity contribution in [3.05, 3.63) is 0 Å². The fourth-order valence-corrected chi connectivity index (χ4v) is 4.07. The summed E-state index contributed by atoms with van der Waals surface area (Å²) < 4.78 is 0. The smallest absolute Gasteiger partial charge is 0.229 e. The lowest BCUT2D eigenvalue weighted by Crippen LogP contribution is -3.19. The minimum Gasteiger partial charge on any atom is -0.331 e. The monoisotopic (exact) mass is 251 g/mol. The fourth-order valence-electron chi connectivity index (χ4n) is 4.07. The topological polar surface area (TPSA) is 41.8 Å². The average Bonchev–Trinajstić information content (AvgIpc) is 2.39. The van der Waals surface area contributed by atoms with E-state index >= 15 is 0 Å². The molecule has 0 spiro atoms. The molecule has 1 N–H and O–H groups in total. The maximum Gasteiger partial charge on any atom is 0.229 e. The molecule has 3 heterocycles. The van der Waals surface area contributed by atoms with Crippen LogP contribution in [0.1, 0.15) is 51.4 Å². The summed E-state index contributed by atoms with van der Waals surface area (Å²) in [5, 5.41) is 0. The molecule has 3 rings (SSSR count). The largest absolute Gasteiger partial charge is 0.331 e. The number of rotatable bonds is 1. The van der Waals surface area contributed by atoms with Gasteiger partial charge in [0.05, 0.1) is 19.1 Å². The number of amides is 2. The van der Waals surface area contributed by atoms with Gasteiger partial charge in [-0.2, -0.15) is 0 Å². The van der Waals surface area contributed by atoms with Gasteiger partial charge < -0.3 is 4.90 Å². The molecule has 0 aromatic rings. The van der Waals surface area contributed by atoms with E-state index in [1.54, 1.807) is 9.80 Å². The molecular weight excluding hydrogens is 228 g/mol. The maximum absolute atomic E-state index is 12.1. The summed E-state index contributed by atoms with van der Waals surface area (Å²) in [4.78, 5) is 27.4. The van der Waals surface area contributed by atoms with Crippen LogP contribution in [-0.4, -0.2) is 41.9 Å². The van der Waals surface area contributed by atoms with Crippen molar-refractivity contribution in [2.24, 2.45) is 0 Å². The van der Waals surface area contributed by atoms with Crippen molar-refractivity contribution in [2.75, 3.05) is 13.1 Å². The number of likely N-dealkylation sites (tertiary alicyclic amines) is 1. The van der Waals surface area contributed by atoms with Crippen LogP contribution in [0.15, 0.2) is 0 Å². The highest BCUT2D eigenvalue weighted by atomic mass is 16.2. The molecule has 3 fully saturated rings. The number of hydrogen-bond donors (Lipinski definition) is 1. The highest BCUT2D eigenvalue weighted by molar-refractivity contribution is 5.97. The SMILES string of the molecule is O=C1CCCC(=O)N1[C@H]1CCC[NH+]2CCCC[C@@H]12. The molecule has 4 nitrogen and oxygen atoms in total. The van der Waals surface area contributed by atoms with E-state index in [4.69, 9.17) is 0 Å². The number of fused-ring (bicyclic) bond motifs is 1. The van der Waals surface area contributed by atoms with E-state index in [-0.39, 0.29) is 17.9 Å². The number of nitrogens with one attached hydrogen (secondary N) is 1. The van der Waals surface area contributed by atoms with Gasteiger partial charge in [-0.05, 0) is 32.1 Å². The third kappa shape index (κ3) is 2.07. The van der Waals surface area contributed by atoms with E-state index in [1.165, 1.54) is 32.4 Å². The molecule has 0 aromatic carbocycles. The van der Waals surface area contributed by atoms with Crippen LogP contribution >= 0.6 is 0 Å². The van der Waals surface area contributed by atoms with Gasteiger partial charge in [0.2, 0.25) is 11.8 Å². The number of nitrogens with zero attached hydrogens (tertiary/aromatic N) is 1. The minimum atomic E-state index is 0.0862. The van der Waals surface area contributed by atoms with E-state index in [0.717, 1.165) is 19.3 Å². The Bertz CT molecular complexity index is 338. The Morgan fingerprint density at radius 1 is 0.889 bits per heavy atom. The second-order valence-corrected chi connectivity index (χ2v) is 5.98. The summed E-state index contributed by atoms with van der Waals surface area (Å²) >= 11 is 0. The Kier molecular flexibility index (Phi) is 3.37. The van der Waals surface area contributed by atoms with Gasteiger partial charge in [0.25, 0.3) is 0 Å². The minimum absolute atomic E-state index is 0.0862. The third-order valence-corrected chi connectivity index (χ3v) is 4.90. The van der Waals surface area contributed by atoms with Gasteiger partial charge in [0.1, 0.15) is 6.04 Å². The summed E-state index contributed by atoms with van der Waals surface area (Å²) in [6.45, 7) is 2.47. The number of hydrogen-bond acceptors (Lipinski definition) is 2. The average molecular weight is 251 g/mol. The Balaban J connectivity index is 1.80. The van der Waals surface area contributed by atoms with Crippen molar-refractivity contribution in [2.45, 2.75) is 63.5 Å². The molecule has 0 aliphatic carbocycles. The van der Waals surface area contributed by atoms with Crippen LogP contribution in [0.2, 0.25) is 0 Å². The molecule has 0 radical (unpaired) electrons. The zero-order valence-corrected chi connectivity index (χ0v) is 11.0. The zero-order valence-electron chi connectivity index (χ0n) is 11.0. The maximum atomic E-state index is 12.1. The summed E-state index contributed by atoms with van der Waals surface area (Å²) in [6, 6.07) is 0.729. The van der Waals surface area contributed by atoms with Crippen LogP contribution < -0.4 is 4.90 Å². The first-order chi connectivity index (χ1) is 8.77. The van der Waals surface area contributed by atoms with Gasteiger partial charge in [0, 0.05) is 19.3 Å². The van der Waals surface area contributed by atoms with Crippen molar-refractivity contribution in [3.63, 3.8) is 0 Å². The van der Waals surface area contributed by atoms with Gasteiger partial charge in [-0.3, -0.25) is 14.5 Å². The Morgan fingerprint density at radius 3 is 2.39 bits per heavy atom. The van der Waals surface area contributed by atoms with E-state index in [1.807, 2.05) is 0 Å². The number of piperidine rings is 3. The molecule has 3 atom stereocenters. The summed E-state index contributed by atoms with van der Waals surface area (Å²) in [6.07, 6.45) is 7.86. The third-order valence-electron chi connectivity index (χ3n) is 4.90. The molecule has 3 aliphatic heterocycles. The molecule has 2 amide bonds. The molecule has 1 unspecified atom stereocenters. The number of quaternary nitrogens is 1. The Hall–Kier alpha value is -0.900. The summed E-state index contributed by atoms with van der Waals surface area (Å²) in [5.74, 6) is 0.172. The van der Waals surface area contributed by atoms with Gasteiger partial charge in [0.15, 0.2) is 0 Å². The van der Waals surface area contributed by atoms with Crippen molar-refractivity contribution in [1.29, 1.82) is 0 Å². The Morgan fingerprint density at radius 2 is 1.61 bits per heavy atom.